The second kappa shape index (κ2) is 9.36. The summed E-state index contributed by atoms with van der Waals surface area (Å²) in [6.45, 7) is 0.936. The third kappa shape index (κ3) is 4.68. The predicted octanol–water partition coefficient (Wildman–Crippen LogP) is 5.03. The van der Waals surface area contributed by atoms with Crippen LogP contribution in [-0.2, 0) is 17.9 Å². The largest absolute Gasteiger partial charge is 0.496 e. The maximum absolute atomic E-state index is 13.5. The number of thioether (sulfide) groups is 1. The molecule has 0 spiro atoms. The zero-order valence-electron chi connectivity index (χ0n) is 16.6. The molecule has 0 atom stereocenters. The quantitative estimate of drug-likeness (QED) is 0.586. The molecule has 0 saturated heterocycles. The first-order valence-corrected chi connectivity index (χ1v) is 11.5. The Balaban J connectivity index is 1.64. The monoisotopic (exact) mass is 438 g/mol. The summed E-state index contributed by atoms with van der Waals surface area (Å²) in [5.74, 6) is 1.40. The van der Waals surface area contributed by atoms with Crippen molar-refractivity contribution in [3.8, 4) is 5.75 Å². The normalized spacial score (nSPS) is 13.2. The van der Waals surface area contributed by atoms with Gasteiger partial charge in [-0.15, -0.1) is 23.1 Å². The summed E-state index contributed by atoms with van der Waals surface area (Å²) in [6.07, 6.45) is 0.473. The van der Waals surface area contributed by atoms with Crippen LogP contribution in [0.15, 0.2) is 64.9 Å². The molecule has 0 radical (unpaired) electrons. The van der Waals surface area contributed by atoms with Gasteiger partial charge in [0, 0.05) is 33.1 Å². The number of carbonyl (C=O) groups is 2. The van der Waals surface area contributed by atoms with Gasteiger partial charge in [0.2, 0.25) is 5.91 Å². The topological polar surface area (TPSA) is 58.6 Å². The number of fused-ring (bicyclic) bond motifs is 1. The maximum Gasteiger partial charge on any atom is 0.254 e. The summed E-state index contributed by atoms with van der Waals surface area (Å²) in [6, 6.07) is 17.3. The maximum atomic E-state index is 13.5. The molecule has 2 aromatic carbocycles. The van der Waals surface area contributed by atoms with Crippen molar-refractivity contribution >= 4 is 40.6 Å². The van der Waals surface area contributed by atoms with Gasteiger partial charge in [0.15, 0.2) is 0 Å². The molecule has 5 nitrogen and oxygen atoms in total. The van der Waals surface area contributed by atoms with E-state index in [1.165, 1.54) is 0 Å². The van der Waals surface area contributed by atoms with Gasteiger partial charge in [-0.05, 0) is 35.7 Å². The molecule has 2 amide bonds. The van der Waals surface area contributed by atoms with Crippen LogP contribution in [0.25, 0.3) is 0 Å². The second-order valence-corrected chi connectivity index (χ2v) is 9.08. The fraction of sp³-hybridized carbons (Fsp3) is 0.217. The minimum absolute atomic E-state index is 0.0182. The van der Waals surface area contributed by atoms with Crippen molar-refractivity contribution in [1.82, 2.24) is 4.90 Å². The summed E-state index contributed by atoms with van der Waals surface area (Å²) in [4.78, 5) is 29.4. The lowest BCUT2D eigenvalue weighted by atomic mass is 10.1. The number of methoxy groups -OCH3 is 1. The molecule has 2 heterocycles. The number of nitrogens with zero attached hydrogens (tertiary/aromatic N) is 1. The molecule has 0 unspecified atom stereocenters. The molecule has 154 valence electrons. The molecule has 3 aromatic rings. The third-order valence-electron chi connectivity index (χ3n) is 4.86. The van der Waals surface area contributed by atoms with E-state index in [1.807, 2.05) is 58.8 Å². The second-order valence-electron chi connectivity index (χ2n) is 6.91. The van der Waals surface area contributed by atoms with Crippen molar-refractivity contribution in [2.75, 3.05) is 18.2 Å². The summed E-state index contributed by atoms with van der Waals surface area (Å²) >= 11 is 3.26. The minimum atomic E-state index is -0.0828. The van der Waals surface area contributed by atoms with Gasteiger partial charge in [0.05, 0.1) is 25.9 Å². The lowest BCUT2D eigenvalue weighted by molar-refractivity contribution is -0.115. The molecule has 1 aliphatic heterocycles. The van der Waals surface area contributed by atoms with E-state index in [0.717, 1.165) is 26.8 Å². The Morgan fingerprint density at radius 1 is 1.13 bits per heavy atom. The number of ether oxygens (including phenoxy) is 1. The van der Waals surface area contributed by atoms with E-state index >= 15 is 0 Å². The number of carbonyl (C=O) groups excluding carboxylic acids is 2. The Bertz CT molecular complexity index is 1050. The molecule has 30 heavy (non-hydrogen) atoms. The molecule has 0 fully saturated rings. The zero-order chi connectivity index (χ0) is 20.9. The highest BCUT2D eigenvalue weighted by Crippen LogP contribution is 2.32. The van der Waals surface area contributed by atoms with Gasteiger partial charge >= 0.3 is 0 Å². The van der Waals surface area contributed by atoms with Crippen LogP contribution < -0.4 is 10.1 Å². The van der Waals surface area contributed by atoms with E-state index in [0.29, 0.717) is 30.8 Å². The summed E-state index contributed by atoms with van der Waals surface area (Å²) in [7, 11) is 1.64. The van der Waals surface area contributed by atoms with Gasteiger partial charge in [0.1, 0.15) is 5.75 Å². The average molecular weight is 439 g/mol. The van der Waals surface area contributed by atoms with Crippen molar-refractivity contribution in [2.24, 2.45) is 0 Å². The molecule has 1 aliphatic rings. The van der Waals surface area contributed by atoms with E-state index in [4.69, 9.17) is 4.74 Å². The van der Waals surface area contributed by atoms with Gasteiger partial charge in [-0.2, -0.15) is 0 Å². The molecule has 1 aromatic heterocycles. The highest BCUT2D eigenvalue weighted by Gasteiger charge is 2.21. The SMILES string of the molecule is COc1ccccc1CN(Cc1cccs1)C(=O)c1ccc2c(c1)NC(=O)CCS2. The Morgan fingerprint density at radius 2 is 2.00 bits per heavy atom. The lowest BCUT2D eigenvalue weighted by Crippen LogP contribution is -2.30. The van der Waals surface area contributed by atoms with Crippen LogP contribution >= 0.6 is 23.1 Å². The van der Waals surface area contributed by atoms with Crippen molar-refractivity contribution in [3.05, 3.63) is 76.0 Å². The highest BCUT2D eigenvalue weighted by atomic mass is 32.2. The molecule has 7 heteroatoms. The lowest BCUT2D eigenvalue weighted by Gasteiger charge is -2.24. The zero-order valence-corrected chi connectivity index (χ0v) is 18.2. The molecule has 0 aliphatic carbocycles. The number of thiophene rings is 1. The van der Waals surface area contributed by atoms with Gasteiger partial charge < -0.3 is 15.0 Å². The molecule has 0 saturated carbocycles. The molecular weight excluding hydrogens is 416 g/mol. The smallest absolute Gasteiger partial charge is 0.254 e. The highest BCUT2D eigenvalue weighted by molar-refractivity contribution is 7.99. The van der Waals surface area contributed by atoms with E-state index in [1.54, 1.807) is 36.3 Å². The number of hydrogen-bond acceptors (Lipinski definition) is 5. The van der Waals surface area contributed by atoms with Crippen LogP contribution in [-0.4, -0.2) is 29.6 Å². The van der Waals surface area contributed by atoms with Crippen LogP contribution in [0, 0.1) is 0 Å². The standard InChI is InChI=1S/C23H22N2O3S2/c1-28-20-7-3-2-5-17(20)14-25(15-18-6-4-11-29-18)23(27)16-8-9-21-19(13-16)24-22(26)10-12-30-21/h2-9,11,13H,10,12,14-15H2,1H3,(H,24,26). The fourth-order valence-corrected chi connectivity index (χ4v) is 5.02. The van der Waals surface area contributed by atoms with E-state index in [2.05, 4.69) is 5.32 Å². The summed E-state index contributed by atoms with van der Waals surface area (Å²) in [5, 5.41) is 4.93. The number of anilines is 1. The van der Waals surface area contributed by atoms with Gasteiger partial charge in [-0.1, -0.05) is 24.3 Å². The van der Waals surface area contributed by atoms with Gasteiger partial charge in [-0.3, -0.25) is 9.59 Å². The van der Waals surface area contributed by atoms with E-state index in [-0.39, 0.29) is 11.8 Å². The summed E-state index contributed by atoms with van der Waals surface area (Å²) < 4.78 is 5.48. The number of nitrogens with one attached hydrogen (secondary N) is 1. The molecule has 4 rings (SSSR count). The number of hydrogen-bond donors (Lipinski definition) is 1. The van der Waals surface area contributed by atoms with Crippen molar-refractivity contribution in [2.45, 2.75) is 24.4 Å². The van der Waals surface area contributed by atoms with Crippen molar-refractivity contribution in [1.29, 1.82) is 0 Å². The molecule has 0 bridgehead atoms. The van der Waals surface area contributed by atoms with Crippen molar-refractivity contribution in [3.63, 3.8) is 0 Å². The van der Waals surface area contributed by atoms with Gasteiger partial charge in [0.25, 0.3) is 5.91 Å². The van der Waals surface area contributed by atoms with Gasteiger partial charge in [-0.25, -0.2) is 0 Å². The Labute approximate surface area is 184 Å². The molecular formula is C23H22N2O3S2. The average Bonchev–Trinajstić information content (AvgIpc) is 3.19. The fourth-order valence-electron chi connectivity index (χ4n) is 3.36. The van der Waals surface area contributed by atoms with Crippen LogP contribution in [0.2, 0.25) is 0 Å². The molecule has 1 N–H and O–H groups in total. The van der Waals surface area contributed by atoms with E-state index < -0.39 is 0 Å². The summed E-state index contributed by atoms with van der Waals surface area (Å²) in [5.41, 5.74) is 2.22. The number of amides is 2. The van der Waals surface area contributed by atoms with E-state index in [9.17, 15) is 9.59 Å². The Morgan fingerprint density at radius 3 is 2.80 bits per heavy atom. The number of benzene rings is 2. The van der Waals surface area contributed by atoms with Crippen LogP contribution in [0.4, 0.5) is 5.69 Å². The Kier molecular flexibility index (Phi) is 6.40. The Hall–Kier alpha value is -2.77. The minimum Gasteiger partial charge on any atom is -0.496 e. The number of para-hydroxylation sites is 1. The third-order valence-corrected chi connectivity index (χ3v) is 6.79. The van der Waals surface area contributed by atoms with Crippen LogP contribution in [0.3, 0.4) is 0 Å². The first-order chi connectivity index (χ1) is 14.6. The first-order valence-electron chi connectivity index (χ1n) is 9.64. The van der Waals surface area contributed by atoms with Crippen LogP contribution in [0.5, 0.6) is 5.75 Å². The number of rotatable bonds is 6. The van der Waals surface area contributed by atoms with Crippen LogP contribution in [0.1, 0.15) is 27.2 Å². The first kappa shape index (κ1) is 20.5. The predicted molar refractivity (Wildman–Crippen MR) is 121 cm³/mol. The van der Waals surface area contributed by atoms with Crippen molar-refractivity contribution < 1.29 is 14.3 Å².